The third kappa shape index (κ3) is 3.25. The maximum absolute atomic E-state index is 13.4. The molecule has 1 aromatic heterocycles. The second-order valence-corrected chi connectivity index (χ2v) is 8.42. The normalized spacial score (nSPS) is 16.1. The molecule has 0 saturated carbocycles. The SMILES string of the molecule is Cn1cc([C@@H]2CC(c3ccc(Br)cc3)=NN2C(=O)c2ccccc2)c2ccccc21. The zero-order valence-corrected chi connectivity index (χ0v) is 18.1. The molecule has 1 aliphatic rings. The molecule has 5 heteroatoms. The average molecular weight is 458 g/mol. The van der Waals surface area contributed by atoms with E-state index in [2.05, 4.69) is 38.8 Å². The number of hydrazone groups is 1. The fourth-order valence-corrected chi connectivity index (χ4v) is 4.37. The van der Waals surface area contributed by atoms with Crippen LogP contribution in [0.2, 0.25) is 0 Å². The number of halogens is 1. The number of rotatable bonds is 3. The minimum Gasteiger partial charge on any atom is -0.350 e. The third-order valence-electron chi connectivity index (χ3n) is 5.60. The maximum atomic E-state index is 13.4. The Bertz CT molecular complexity index is 1260. The quantitative estimate of drug-likeness (QED) is 0.375. The number of hydrogen-bond acceptors (Lipinski definition) is 2. The summed E-state index contributed by atoms with van der Waals surface area (Å²) in [6, 6.07) is 25.6. The lowest BCUT2D eigenvalue weighted by Crippen LogP contribution is -2.27. The number of carbonyl (C=O) groups excluding carboxylic acids is 1. The van der Waals surface area contributed by atoms with Crippen molar-refractivity contribution >= 4 is 38.5 Å². The Morgan fingerprint density at radius 1 is 0.967 bits per heavy atom. The van der Waals surface area contributed by atoms with Crippen LogP contribution in [-0.2, 0) is 7.05 Å². The Hall–Kier alpha value is -3.18. The maximum Gasteiger partial charge on any atom is 0.274 e. The molecule has 3 aromatic carbocycles. The second-order valence-electron chi connectivity index (χ2n) is 7.50. The molecule has 0 N–H and O–H groups in total. The van der Waals surface area contributed by atoms with Crippen LogP contribution in [0.5, 0.6) is 0 Å². The van der Waals surface area contributed by atoms with Crippen molar-refractivity contribution in [3.63, 3.8) is 0 Å². The number of amides is 1. The fraction of sp³-hybridized carbons (Fsp3) is 0.120. The van der Waals surface area contributed by atoms with Crippen molar-refractivity contribution in [1.29, 1.82) is 0 Å². The van der Waals surface area contributed by atoms with E-state index >= 15 is 0 Å². The van der Waals surface area contributed by atoms with Crippen molar-refractivity contribution in [2.24, 2.45) is 12.1 Å². The van der Waals surface area contributed by atoms with E-state index in [1.54, 1.807) is 5.01 Å². The summed E-state index contributed by atoms with van der Waals surface area (Å²) in [7, 11) is 2.04. The summed E-state index contributed by atoms with van der Waals surface area (Å²) in [6.07, 6.45) is 2.80. The van der Waals surface area contributed by atoms with Gasteiger partial charge in [0.25, 0.3) is 5.91 Å². The van der Waals surface area contributed by atoms with Crippen LogP contribution in [0.3, 0.4) is 0 Å². The van der Waals surface area contributed by atoms with Gasteiger partial charge >= 0.3 is 0 Å². The minimum absolute atomic E-state index is 0.0827. The van der Waals surface area contributed by atoms with Gasteiger partial charge in [0.15, 0.2) is 0 Å². The number of hydrogen-bond donors (Lipinski definition) is 0. The lowest BCUT2D eigenvalue weighted by atomic mass is 9.97. The molecule has 2 heterocycles. The molecule has 1 atom stereocenters. The Morgan fingerprint density at radius 2 is 1.67 bits per heavy atom. The van der Waals surface area contributed by atoms with Gasteiger partial charge in [0.1, 0.15) is 0 Å². The smallest absolute Gasteiger partial charge is 0.274 e. The largest absolute Gasteiger partial charge is 0.350 e. The number of para-hydroxylation sites is 1. The number of benzene rings is 3. The monoisotopic (exact) mass is 457 g/mol. The van der Waals surface area contributed by atoms with E-state index in [1.165, 1.54) is 0 Å². The van der Waals surface area contributed by atoms with Crippen LogP contribution in [0.4, 0.5) is 0 Å². The molecule has 4 nitrogen and oxygen atoms in total. The summed E-state index contributed by atoms with van der Waals surface area (Å²) in [6.45, 7) is 0. The lowest BCUT2D eigenvalue weighted by molar-refractivity contribution is 0.0712. The van der Waals surface area contributed by atoms with E-state index in [0.29, 0.717) is 12.0 Å². The van der Waals surface area contributed by atoms with Gasteiger partial charge in [0, 0.05) is 46.2 Å². The van der Waals surface area contributed by atoms with Gasteiger partial charge in [-0.3, -0.25) is 4.79 Å². The number of fused-ring (bicyclic) bond motifs is 1. The highest BCUT2D eigenvalue weighted by Crippen LogP contribution is 2.38. The van der Waals surface area contributed by atoms with Crippen molar-refractivity contribution in [3.8, 4) is 0 Å². The molecule has 0 fully saturated rings. The van der Waals surface area contributed by atoms with Crippen LogP contribution < -0.4 is 0 Å². The molecule has 1 aliphatic heterocycles. The van der Waals surface area contributed by atoms with Crippen LogP contribution in [0.15, 0.2) is 94.6 Å². The van der Waals surface area contributed by atoms with E-state index in [9.17, 15) is 4.79 Å². The van der Waals surface area contributed by atoms with Crippen LogP contribution in [-0.4, -0.2) is 21.2 Å². The molecule has 1 amide bonds. The number of aromatic nitrogens is 1. The van der Waals surface area contributed by atoms with Crippen molar-refractivity contribution in [3.05, 3.63) is 106 Å². The lowest BCUT2D eigenvalue weighted by Gasteiger charge is -2.21. The molecule has 148 valence electrons. The molecule has 0 radical (unpaired) electrons. The van der Waals surface area contributed by atoms with Crippen molar-refractivity contribution in [1.82, 2.24) is 9.58 Å². The topological polar surface area (TPSA) is 37.6 Å². The Balaban J connectivity index is 1.61. The summed E-state index contributed by atoms with van der Waals surface area (Å²) in [5, 5.41) is 7.63. The Kier molecular flexibility index (Phi) is 4.75. The first-order valence-corrected chi connectivity index (χ1v) is 10.7. The van der Waals surface area contributed by atoms with E-state index in [-0.39, 0.29) is 11.9 Å². The molecule has 0 saturated heterocycles. The van der Waals surface area contributed by atoms with Crippen LogP contribution in [0.25, 0.3) is 10.9 Å². The summed E-state index contributed by atoms with van der Waals surface area (Å²) in [5.74, 6) is -0.0827. The Labute approximate surface area is 183 Å². The van der Waals surface area contributed by atoms with Gasteiger partial charge in [-0.1, -0.05) is 64.5 Å². The summed E-state index contributed by atoms with van der Waals surface area (Å²) in [4.78, 5) is 13.4. The Morgan fingerprint density at radius 3 is 2.43 bits per heavy atom. The number of carbonyl (C=O) groups is 1. The molecule has 0 spiro atoms. The highest BCUT2D eigenvalue weighted by Gasteiger charge is 2.35. The molecular formula is C25H20BrN3O. The van der Waals surface area contributed by atoms with Gasteiger partial charge < -0.3 is 4.57 Å². The molecule has 0 bridgehead atoms. The van der Waals surface area contributed by atoms with E-state index in [0.717, 1.165) is 32.2 Å². The standard InChI is InChI=1S/C25H20BrN3O/c1-28-16-21(20-9-5-6-10-23(20)28)24-15-22(17-11-13-19(26)14-12-17)27-29(24)25(30)18-7-3-2-4-8-18/h2-14,16,24H,15H2,1H3/t24-/m0/s1. The van der Waals surface area contributed by atoms with Gasteiger partial charge in [0.05, 0.1) is 11.8 Å². The average Bonchev–Trinajstić information content (AvgIpc) is 3.36. The summed E-state index contributed by atoms with van der Waals surface area (Å²) in [5.41, 5.74) is 4.87. The molecule has 5 rings (SSSR count). The predicted octanol–water partition coefficient (Wildman–Crippen LogP) is 5.93. The van der Waals surface area contributed by atoms with Crippen molar-refractivity contribution in [2.45, 2.75) is 12.5 Å². The van der Waals surface area contributed by atoms with Crippen LogP contribution >= 0.6 is 15.9 Å². The summed E-state index contributed by atoms with van der Waals surface area (Å²) < 4.78 is 3.14. The zero-order chi connectivity index (χ0) is 20.7. The van der Waals surface area contributed by atoms with Gasteiger partial charge in [-0.05, 0) is 35.9 Å². The van der Waals surface area contributed by atoms with Gasteiger partial charge in [-0.2, -0.15) is 5.10 Å². The molecule has 4 aromatic rings. The molecule has 30 heavy (non-hydrogen) atoms. The molecule has 0 unspecified atom stereocenters. The number of aryl methyl sites for hydroxylation is 1. The van der Waals surface area contributed by atoms with E-state index < -0.39 is 0 Å². The fourth-order valence-electron chi connectivity index (χ4n) is 4.11. The minimum atomic E-state index is -0.151. The molecule has 0 aliphatic carbocycles. The van der Waals surface area contributed by atoms with Crippen LogP contribution in [0, 0.1) is 0 Å². The van der Waals surface area contributed by atoms with Crippen molar-refractivity contribution in [2.75, 3.05) is 0 Å². The summed E-state index contributed by atoms with van der Waals surface area (Å²) >= 11 is 3.49. The number of nitrogens with zero attached hydrogens (tertiary/aromatic N) is 3. The van der Waals surface area contributed by atoms with Gasteiger partial charge in [-0.25, -0.2) is 5.01 Å². The van der Waals surface area contributed by atoms with E-state index in [4.69, 9.17) is 5.10 Å². The molecular weight excluding hydrogens is 438 g/mol. The van der Waals surface area contributed by atoms with E-state index in [1.807, 2.05) is 73.8 Å². The van der Waals surface area contributed by atoms with Crippen LogP contribution in [0.1, 0.15) is 33.9 Å². The first kappa shape index (κ1) is 18.8. The van der Waals surface area contributed by atoms with Gasteiger partial charge in [0.2, 0.25) is 0 Å². The second kappa shape index (κ2) is 7.58. The first-order chi connectivity index (χ1) is 14.6. The highest BCUT2D eigenvalue weighted by molar-refractivity contribution is 9.10. The zero-order valence-electron chi connectivity index (χ0n) is 16.5. The third-order valence-corrected chi connectivity index (χ3v) is 6.13. The highest BCUT2D eigenvalue weighted by atomic mass is 79.9. The first-order valence-electron chi connectivity index (χ1n) is 9.88. The van der Waals surface area contributed by atoms with Gasteiger partial charge in [-0.15, -0.1) is 0 Å². The predicted molar refractivity (Wildman–Crippen MR) is 124 cm³/mol. The van der Waals surface area contributed by atoms with Crippen molar-refractivity contribution < 1.29 is 4.79 Å².